The molecular formula is C32H32. The fourth-order valence-corrected chi connectivity index (χ4v) is 4.84. The van der Waals surface area contributed by atoms with E-state index in [-0.39, 0.29) is 10.8 Å². The predicted octanol–water partition coefficient (Wildman–Crippen LogP) is 7.74. The largest absolute Gasteiger partial charge is 0.0616 e. The van der Waals surface area contributed by atoms with Gasteiger partial charge in [0, 0.05) is 0 Å². The lowest BCUT2D eigenvalue weighted by Gasteiger charge is -2.20. The smallest absolute Gasteiger partial charge is 0.00960 e. The molecule has 5 rings (SSSR count). The van der Waals surface area contributed by atoms with Crippen molar-refractivity contribution in [3.05, 3.63) is 138 Å². The van der Waals surface area contributed by atoms with Crippen LogP contribution in [0.5, 0.6) is 0 Å². The van der Waals surface area contributed by atoms with E-state index in [0.29, 0.717) is 0 Å². The molecule has 0 spiro atoms. The third kappa shape index (κ3) is 3.39. The summed E-state index contributed by atoms with van der Waals surface area (Å²) in [7, 11) is 0. The van der Waals surface area contributed by atoms with Crippen LogP contribution in [0.25, 0.3) is 0 Å². The van der Waals surface area contributed by atoms with Crippen molar-refractivity contribution in [2.45, 2.75) is 52.4 Å². The van der Waals surface area contributed by atoms with E-state index < -0.39 is 0 Å². The Hall–Kier alpha value is -3.12. The maximum absolute atomic E-state index is 2.42. The minimum atomic E-state index is 0.103. The van der Waals surface area contributed by atoms with Crippen molar-refractivity contribution in [3.8, 4) is 0 Å². The van der Waals surface area contributed by atoms with Crippen molar-refractivity contribution < 1.29 is 0 Å². The van der Waals surface area contributed by atoms with Crippen LogP contribution in [-0.2, 0) is 10.8 Å². The lowest BCUT2D eigenvalue weighted by Crippen LogP contribution is -2.11. The molecule has 4 aromatic rings. The fraction of sp³-hybridized carbons (Fsp3) is 0.250. The first-order chi connectivity index (χ1) is 15.1. The number of benzene rings is 4. The monoisotopic (exact) mass is 416 g/mol. The molecule has 1 aliphatic rings. The Morgan fingerprint density at radius 3 is 0.938 bits per heavy atom. The van der Waals surface area contributed by atoms with Gasteiger partial charge in [0.05, 0.1) is 0 Å². The summed E-state index contributed by atoms with van der Waals surface area (Å²) in [6.45, 7) is 13.8. The van der Waals surface area contributed by atoms with Crippen molar-refractivity contribution in [2.75, 3.05) is 0 Å². The van der Waals surface area contributed by atoms with Gasteiger partial charge in [-0.1, -0.05) is 114 Å². The highest BCUT2D eigenvalue weighted by atomic mass is 14.2. The van der Waals surface area contributed by atoms with Crippen molar-refractivity contribution in [2.24, 2.45) is 0 Å². The zero-order valence-corrected chi connectivity index (χ0v) is 20.1. The summed E-state index contributed by atoms with van der Waals surface area (Å²) in [5.74, 6) is 0. The molecule has 0 aliphatic heterocycles. The topological polar surface area (TPSA) is 0 Å². The third-order valence-corrected chi connectivity index (χ3v) is 6.79. The molecule has 0 fully saturated rings. The molecule has 0 N–H and O–H groups in total. The van der Waals surface area contributed by atoms with E-state index in [1.165, 1.54) is 52.9 Å². The first kappa shape index (κ1) is 20.8. The minimum Gasteiger partial charge on any atom is -0.0616 e. The molecule has 0 aromatic heterocycles. The van der Waals surface area contributed by atoms with Gasteiger partial charge in [0.25, 0.3) is 0 Å². The molecule has 4 aromatic carbocycles. The summed E-state index contributed by atoms with van der Waals surface area (Å²) in [5, 5.41) is 10.5. The zero-order chi connectivity index (χ0) is 22.7. The number of hydrogen-bond donors (Lipinski definition) is 0. The molecule has 1 aliphatic carbocycles. The Kier molecular flexibility index (Phi) is 4.67. The summed E-state index contributed by atoms with van der Waals surface area (Å²) in [5.41, 5.74) is 2.94. The molecule has 0 atom stereocenters. The van der Waals surface area contributed by atoms with Crippen LogP contribution in [0.3, 0.4) is 0 Å². The van der Waals surface area contributed by atoms with Gasteiger partial charge in [0.2, 0.25) is 0 Å². The first-order valence-electron chi connectivity index (χ1n) is 11.6. The molecule has 0 nitrogen and oxygen atoms in total. The predicted molar refractivity (Wildman–Crippen MR) is 134 cm³/mol. The summed E-state index contributed by atoms with van der Waals surface area (Å²) in [4.78, 5) is 0. The van der Waals surface area contributed by atoms with Gasteiger partial charge in [-0.3, -0.25) is 0 Å². The van der Waals surface area contributed by atoms with Gasteiger partial charge < -0.3 is 0 Å². The lowest BCUT2D eigenvalue weighted by atomic mass is 9.85. The Morgan fingerprint density at radius 2 is 0.625 bits per heavy atom. The quantitative estimate of drug-likeness (QED) is 0.242. The molecule has 0 unspecified atom stereocenters. The molecular weight excluding hydrogens is 384 g/mol. The molecule has 0 heterocycles. The van der Waals surface area contributed by atoms with E-state index in [9.17, 15) is 0 Å². The third-order valence-electron chi connectivity index (χ3n) is 6.79. The van der Waals surface area contributed by atoms with Crippen molar-refractivity contribution >= 4 is 0 Å². The van der Waals surface area contributed by atoms with E-state index in [1.807, 2.05) is 0 Å². The average molecular weight is 417 g/mol. The van der Waals surface area contributed by atoms with Gasteiger partial charge in [-0.05, 0) is 75.8 Å². The summed E-state index contributed by atoms with van der Waals surface area (Å²) in [6.07, 6.45) is 0. The molecule has 0 heteroatoms. The van der Waals surface area contributed by atoms with E-state index in [2.05, 4.69) is 126 Å². The molecule has 160 valence electrons. The molecule has 0 saturated heterocycles. The molecule has 0 radical (unpaired) electrons. The normalized spacial score (nSPS) is 17.2. The zero-order valence-electron chi connectivity index (χ0n) is 20.1. The fourth-order valence-electron chi connectivity index (χ4n) is 4.84. The van der Waals surface area contributed by atoms with E-state index in [1.54, 1.807) is 0 Å². The van der Waals surface area contributed by atoms with Gasteiger partial charge >= 0.3 is 0 Å². The number of fused-ring (bicyclic) bond motifs is 4. The Bertz CT molecular complexity index is 1590. The van der Waals surface area contributed by atoms with Crippen LogP contribution in [0.2, 0.25) is 0 Å². The average Bonchev–Trinajstić information content (AvgIpc) is 2.76. The highest BCUT2D eigenvalue weighted by Crippen LogP contribution is 2.25. The first-order valence-corrected chi connectivity index (χ1v) is 11.6. The van der Waals surface area contributed by atoms with Gasteiger partial charge in [-0.2, -0.15) is 0 Å². The lowest BCUT2D eigenvalue weighted by molar-refractivity contribution is 0.589. The van der Waals surface area contributed by atoms with Gasteiger partial charge in [0.1, 0.15) is 0 Å². The molecule has 0 amide bonds. The second kappa shape index (κ2) is 7.20. The van der Waals surface area contributed by atoms with Gasteiger partial charge in [-0.15, -0.1) is 0 Å². The summed E-state index contributed by atoms with van der Waals surface area (Å²) in [6, 6.07) is 31.9. The van der Waals surface area contributed by atoms with E-state index in [0.717, 1.165) is 0 Å². The standard InChI is InChI=1S/C32H32/c1-31(2,3)21-15-17-27-24-12-8-10-14-26(24)30-20-22(32(4,5)6)16-18-28(30)23-11-7-9-13-25(23)29(27)19-21/h7-20H,1-6H3/b27-24-,28-23-,29-25-,30-26-. The highest BCUT2D eigenvalue weighted by Gasteiger charge is 2.15. The van der Waals surface area contributed by atoms with Crippen molar-refractivity contribution in [1.82, 2.24) is 0 Å². The van der Waals surface area contributed by atoms with E-state index in [4.69, 9.17) is 0 Å². The van der Waals surface area contributed by atoms with Crippen molar-refractivity contribution in [3.63, 3.8) is 0 Å². The molecule has 0 saturated carbocycles. The Balaban J connectivity index is 2.25. The second-order valence-electron chi connectivity index (χ2n) is 11.1. The van der Waals surface area contributed by atoms with Crippen molar-refractivity contribution in [1.29, 1.82) is 0 Å². The van der Waals surface area contributed by atoms with E-state index >= 15 is 0 Å². The van der Waals surface area contributed by atoms with Crippen LogP contribution >= 0.6 is 0 Å². The summed E-state index contributed by atoms with van der Waals surface area (Å²) < 4.78 is 0. The molecule has 0 bridgehead atoms. The Morgan fingerprint density at radius 1 is 0.344 bits per heavy atom. The summed E-state index contributed by atoms with van der Waals surface area (Å²) >= 11 is 0. The maximum atomic E-state index is 2.42. The second-order valence-corrected chi connectivity index (χ2v) is 11.1. The van der Waals surface area contributed by atoms with Crippen LogP contribution in [-0.4, -0.2) is 0 Å². The molecule has 32 heavy (non-hydrogen) atoms. The SMILES string of the molecule is CC(C)(C)c1ccc2/c(c1)=c1/cccc/c1=c1\ccc(C(C)(C)C)c\c1=c1/cccc/c1=2. The van der Waals surface area contributed by atoms with Crippen LogP contribution in [0.15, 0.2) is 84.9 Å². The number of hydrogen-bond acceptors (Lipinski definition) is 0. The van der Waals surface area contributed by atoms with Crippen LogP contribution in [0.1, 0.15) is 52.7 Å². The highest BCUT2D eigenvalue weighted by molar-refractivity contribution is 5.35. The van der Waals surface area contributed by atoms with Crippen LogP contribution in [0, 0.1) is 41.7 Å². The Labute approximate surface area is 190 Å². The van der Waals surface area contributed by atoms with Crippen LogP contribution in [0.4, 0.5) is 0 Å². The van der Waals surface area contributed by atoms with Crippen LogP contribution < -0.4 is 0 Å². The minimum absolute atomic E-state index is 0.103. The van der Waals surface area contributed by atoms with Gasteiger partial charge in [-0.25, -0.2) is 0 Å². The maximum Gasteiger partial charge on any atom is -0.00960 e. The number of rotatable bonds is 0. The van der Waals surface area contributed by atoms with Gasteiger partial charge in [0.15, 0.2) is 0 Å².